The molecule has 2 heterocycles. The maximum atomic E-state index is 12.1. The van der Waals surface area contributed by atoms with Gasteiger partial charge in [-0.1, -0.05) is 42.5 Å². The molecule has 0 aliphatic heterocycles. The fourth-order valence-corrected chi connectivity index (χ4v) is 2.54. The van der Waals surface area contributed by atoms with E-state index in [1.54, 1.807) is 18.3 Å². The summed E-state index contributed by atoms with van der Waals surface area (Å²) in [6.45, 7) is 0. The van der Waals surface area contributed by atoms with E-state index in [4.69, 9.17) is 0 Å². The minimum atomic E-state index is -0.299. The number of hydrogen-bond acceptors (Lipinski definition) is 4. The van der Waals surface area contributed by atoms with E-state index in [1.807, 2.05) is 42.5 Å². The van der Waals surface area contributed by atoms with E-state index in [0.29, 0.717) is 11.4 Å². The minimum absolute atomic E-state index is 0.229. The van der Waals surface area contributed by atoms with Crippen LogP contribution < -0.4 is 5.32 Å². The Labute approximate surface area is 137 Å². The van der Waals surface area contributed by atoms with E-state index in [9.17, 15) is 4.79 Å². The first-order chi connectivity index (χ1) is 11.8. The average molecular weight is 315 g/mol. The third kappa shape index (κ3) is 2.61. The van der Waals surface area contributed by atoms with Crippen molar-refractivity contribution in [1.29, 1.82) is 0 Å². The zero-order chi connectivity index (χ0) is 16.4. The quantitative estimate of drug-likeness (QED) is 0.608. The van der Waals surface area contributed by atoms with Crippen molar-refractivity contribution in [2.24, 2.45) is 0 Å². The molecule has 0 fully saturated rings. The van der Waals surface area contributed by atoms with Gasteiger partial charge in [-0.15, -0.1) is 5.10 Å². The number of hydrogen-bond donors (Lipinski definition) is 2. The smallest absolute Gasteiger partial charge is 0.259 e. The molecule has 0 saturated heterocycles. The van der Waals surface area contributed by atoms with Crippen LogP contribution in [0.5, 0.6) is 0 Å². The maximum absolute atomic E-state index is 12.1. The second kappa shape index (κ2) is 5.92. The van der Waals surface area contributed by atoms with Crippen LogP contribution in [0, 0.1) is 0 Å². The summed E-state index contributed by atoms with van der Waals surface area (Å²) in [6.07, 6.45) is 3.11. The van der Waals surface area contributed by atoms with Crippen LogP contribution in [0.3, 0.4) is 0 Å². The Morgan fingerprint density at radius 2 is 1.88 bits per heavy atom. The van der Waals surface area contributed by atoms with E-state index >= 15 is 0 Å². The van der Waals surface area contributed by atoms with E-state index in [2.05, 4.69) is 25.5 Å². The first-order valence-electron chi connectivity index (χ1n) is 7.43. The minimum Gasteiger partial charge on any atom is -0.289 e. The second-order valence-corrected chi connectivity index (χ2v) is 5.23. The van der Waals surface area contributed by atoms with Crippen LogP contribution >= 0.6 is 0 Å². The largest absolute Gasteiger partial charge is 0.289 e. The number of carbonyl (C=O) groups excluding carboxylic acids is 1. The van der Waals surface area contributed by atoms with Crippen LogP contribution in [0.2, 0.25) is 0 Å². The van der Waals surface area contributed by atoms with Gasteiger partial charge in [0.1, 0.15) is 0 Å². The molecule has 0 spiro atoms. The van der Waals surface area contributed by atoms with Crippen LogP contribution in [-0.2, 0) is 0 Å². The Balaban J connectivity index is 1.64. The maximum Gasteiger partial charge on any atom is 0.259 e. The van der Waals surface area contributed by atoms with Gasteiger partial charge in [-0.25, -0.2) is 0 Å². The summed E-state index contributed by atoms with van der Waals surface area (Å²) in [5.41, 5.74) is 1.39. The lowest BCUT2D eigenvalue weighted by Crippen LogP contribution is -2.13. The Bertz CT molecular complexity index is 1000. The zero-order valence-electron chi connectivity index (χ0n) is 12.6. The highest BCUT2D eigenvalue weighted by Gasteiger charge is 2.12. The number of pyridine rings is 1. The van der Waals surface area contributed by atoms with Crippen molar-refractivity contribution in [2.75, 3.05) is 5.32 Å². The van der Waals surface area contributed by atoms with Gasteiger partial charge in [0.25, 0.3) is 5.91 Å². The Kier molecular flexibility index (Phi) is 3.47. The number of nitrogens with zero attached hydrogens (tertiary/aromatic N) is 3. The highest BCUT2D eigenvalue weighted by molar-refractivity contribution is 6.03. The van der Waals surface area contributed by atoms with E-state index in [1.165, 1.54) is 6.20 Å². The predicted octanol–water partition coefficient (Wildman–Crippen LogP) is 3.27. The molecule has 2 N–H and O–H groups in total. The highest BCUT2D eigenvalue weighted by Crippen LogP contribution is 2.26. The number of anilines is 1. The number of carbonyl (C=O) groups is 1. The molecular formula is C18H13N5O. The normalized spacial score (nSPS) is 10.7. The molecule has 6 heteroatoms. The highest BCUT2D eigenvalue weighted by atomic mass is 16.1. The monoisotopic (exact) mass is 315 g/mol. The second-order valence-electron chi connectivity index (χ2n) is 5.23. The molecule has 0 aliphatic rings. The molecule has 1 amide bonds. The van der Waals surface area contributed by atoms with Gasteiger partial charge in [-0.2, -0.15) is 4.98 Å². The summed E-state index contributed by atoms with van der Waals surface area (Å²) < 4.78 is 0. The molecule has 24 heavy (non-hydrogen) atoms. The summed E-state index contributed by atoms with van der Waals surface area (Å²) in [7, 11) is 0. The molecule has 0 aliphatic carbocycles. The summed E-state index contributed by atoms with van der Waals surface area (Å²) in [5.74, 6) is 0.534. The lowest BCUT2D eigenvalue weighted by molar-refractivity contribution is 0.102. The van der Waals surface area contributed by atoms with Gasteiger partial charge in [-0.3, -0.25) is 20.2 Å². The van der Waals surface area contributed by atoms with Crippen molar-refractivity contribution in [3.05, 3.63) is 72.6 Å². The summed E-state index contributed by atoms with van der Waals surface area (Å²) in [4.78, 5) is 20.4. The van der Waals surface area contributed by atoms with Crippen molar-refractivity contribution in [1.82, 2.24) is 20.2 Å². The predicted molar refractivity (Wildman–Crippen MR) is 91.5 cm³/mol. The van der Waals surface area contributed by atoms with Crippen LogP contribution in [0.1, 0.15) is 10.4 Å². The summed E-state index contributed by atoms with van der Waals surface area (Å²) in [5, 5.41) is 11.8. The fourth-order valence-electron chi connectivity index (χ4n) is 2.54. The van der Waals surface area contributed by atoms with Crippen molar-refractivity contribution in [3.63, 3.8) is 0 Å². The first kappa shape index (κ1) is 14.1. The number of amides is 1. The van der Waals surface area contributed by atoms with Crippen molar-refractivity contribution >= 4 is 22.6 Å². The van der Waals surface area contributed by atoms with Gasteiger partial charge >= 0.3 is 0 Å². The molecule has 0 bridgehead atoms. The lowest BCUT2D eigenvalue weighted by Gasteiger charge is -2.02. The molecule has 0 atom stereocenters. The van der Waals surface area contributed by atoms with Crippen molar-refractivity contribution in [3.8, 4) is 11.4 Å². The topological polar surface area (TPSA) is 83.6 Å². The van der Waals surface area contributed by atoms with E-state index in [0.717, 1.165) is 16.3 Å². The third-order valence-corrected chi connectivity index (χ3v) is 3.68. The number of H-pyrrole nitrogens is 1. The van der Waals surface area contributed by atoms with Crippen molar-refractivity contribution in [2.45, 2.75) is 0 Å². The number of aromatic amines is 1. The zero-order valence-corrected chi connectivity index (χ0v) is 12.6. The standard InChI is InChI=1S/C18H13N5O/c24-17(13-7-4-10-19-11-13)21-18-20-16(22-23-18)15-9-3-6-12-5-1-2-8-14(12)15/h1-11H,(H2,20,21,22,23,24). The average Bonchev–Trinajstić information content (AvgIpc) is 3.10. The van der Waals surface area contributed by atoms with Crippen LogP contribution in [0.4, 0.5) is 5.95 Å². The molecule has 4 rings (SSSR count). The number of rotatable bonds is 3. The molecule has 0 saturated carbocycles. The van der Waals surface area contributed by atoms with Gasteiger partial charge in [0.2, 0.25) is 5.95 Å². The van der Waals surface area contributed by atoms with Crippen molar-refractivity contribution < 1.29 is 4.79 Å². The third-order valence-electron chi connectivity index (χ3n) is 3.68. The molecule has 0 radical (unpaired) electrons. The van der Waals surface area contributed by atoms with Crippen LogP contribution in [0.15, 0.2) is 67.0 Å². The first-order valence-corrected chi connectivity index (χ1v) is 7.43. The Morgan fingerprint density at radius 1 is 1.00 bits per heavy atom. The lowest BCUT2D eigenvalue weighted by atomic mass is 10.0. The SMILES string of the molecule is O=C(Nc1n[nH]c(-c2cccc3ccccc23)n1)c1cccnc1. The van der Waals surface area contributed by atoms with Crippen LogP contribution in [0.25, 0.3) is 22.2 Å². The molecule has 6 nitrogen and oxygen atoms in total. The van der Waals surface area contributed by atoms with E-state index in [-0.39, 0.29) is 11.9 Å². The molecular weight excluding hydrogens is 302 g/mol. The fraction of sp³-hybridized carbons (Fsp3) is 0. The summed E-state index contributed by atoms with van der Waals surface area (Å²) >= 11 is 0. The van der Waals surface area contributed by atoms with E-state index < -0.39 is 0 Å². The molecule has 0 unspecified atom stereocenters. The van der Waals surface area contributed by atoms with Gasteiger partial charge in [0.05, 0.1) is 5.56 Å². The van der Waals surface area contributed by atoms with Gasteiger partial charge in [0, 0.05) is 18.0 Å². The van der Waals surface area contributed by atoms with Gasteiger partial charge < -0.3 is 0 Å². The Morgan fingerprint density at radius 3 is 2.75 bits per heavy atom. The summed E-state index contributed by atoms with van der Waals surface area (Å²) in [6, 6.07) is 17.4. The van der Waals surface area contributed by atoms with Gasteiger partial charge in [0.15, 0.2) is 5.82 Å². The molecule has 2 aromatic heterocycles. The number of fused-ring (bicyclic) bond motifs is 1. The number of nitrogens with one attached hydrogen (secondary N) is 2. The Hall–Kier alpha value is -3.54. The molecule has 116 valence electrons. The van der Waals surface area contributed by atoms with Crippen LogP contribution in [-0.4, -0.2) is 26.1 Å². The number of aromatic nitrogens is 4. The molecule has 2 aromatic carbocycles. The number of benzene rings is 2. The van der Waals surface area contributed by atoms with Gasteiger partial charge in [-0.05, 0) is 22.9 Å². The molecule has 4 aromatic rings.